The minimum absolute atomic E-state index is 0.109. The van der Waals surface area contributed by atoms with Crippen molar-refractivity contribution in [2.24, 2.45) is 27.6 Å². The summed E-state index contributed by atoms with van der Waals surface area (Å²) in [6.07, 6.45) is 15.9. The van der Waals surface area contributed by atoms with Gasteiger partial charge in [-0.2, -0.15) is 0 Å². The summed E-state index contributed by atoms with van der Waals surface area (Å²) < 4.78 is 0. The van der Waals surface area contributed by atoms with E-state index in [0.29, 0.717) is 22.0 Å². The van der Waals surface area contributed by atoms with E-state index in [1.54, 1.807) is 6.20 Å². The van der Waals surface area contributed by atoms with Gasteiger partial charge in [-0.05, 0) is 124 Å². The van der Waals surface area contributed by atoms with E-state index in [9.17, 15) is 4.79 Å². The average molecular weight is 816 g/mol. The van der Waals surface area contributed by atoms with Crippen molar-refractivity contribution in [3.63, 3.8) is 0 Å². The first-order valence-electron chi connectivity index (χ1n) is 22.2. The van der Waals surface area contributed by atoms with Crippen LogP contribution in [0, 0.1) is 27.6 Å². The Balaban J connectivity index is 0.000000182. The van der Waals surface area contributed by atoms with Crippen molar-refractivity contribution in [3.05, 3.63) is 163 Å². The minimum Gasteiger partial charge on any atom is -0.299 e. The first-order valence-corrected chi connectivity index (χ1v) is 22.2. The summed E-state index contributed by atoms with van der Waals surface area (Å²) in [7, 11) is 0. The summed E-state index contributed by atoms with van der Waals surface area (Å²) in [6, 6.07) is 40.5. The van der Waals surface area contributed by atoms with Gasteiger partial charge in [-0.25, -0.2) is 0 Å². The Morgan fingerprint density at radius 2 is 0.902 bits per heavy atom. The quantitative estimate of drug-likeness (QED) is 0.154. The van der Waals surface area contributed by atoms with Crippen LogP contribution >= 0.6 is 0 Å². The van der Waals surface area contributed by atoms with Crippen LogP contribution in [-0.4, -0.2) is 20.7 Å². The molecule has 0 atom stereocenters. The van der Waals surface area contributed by atoms with Gasteiger partial charge in [0.05, 0.1) is 5.69 Å². The van der Waals surface area contributed by atoms with E-state index in [1.807, 2.05) is 82.0 Å². The molecule has 0 amide bonds. The molecule has 1 fully saturated rings. The predicted octanol–water partition coefficient (Wildman–Crippen LogP) is 15.4. The van der Waals surface area contributed by atoms with Crippen molar-refractivity contribution in [2.75, 3.05) is 0 Å². The molecule has 0 saturated heterocycles. The van der Waals surface area contributed by atoms with Gasteiger partial charge < -0.3 is 0 Å². The molecule has 0 radical (unpaired) electrons. The van der Waals surface area contributed by atoms with Crippen LogP contribution in [0.1, 0.15) is 119 Å². The molecule has 0 N–H and O–H groups in total. The molecule has 61 heavy (non-hydrogen) atoms. The van der Waals surface area contributed by atoms with Crippen LogP contribution in [0.15, 0.2) is 146 Å². The van der Waals surface area contributed by atoms with Crippen LogP contribution in [0.25, 0.3) is 33.5 Å². The van der Waals surface area contributed by atoms with E-state index in [2.05, 4.69) is 156 Å². The minimum atomic E-state index is -0.109. The van der Waals surface area contributed by atoms with E-state index in [-0.39, 0.29) is 5.41 Å². The zero-order chi connectivity index (χ0) is 44.7. The summed E-state index contributed by atoms with van der Waals surface area (Å²) in [5.74, 6) is 1.17. The molecule has 4 heteroatoms. The summed E-state index contributed by atoms with van der Waals surface area (Å²) in [5.41, 5.74) is 12.2. The molecule has 3 aromatic heterocycles. The third-order valence-electron chi connectivity index (χ3n) is 10.0. The maximum Gasteiger partial charge on any atom is 0.138 e. The van der Waals surface area contributed by atoms with Gasteiger partial charge in [-0.1, -0.05) is 168 Å². The smallest absolute Gasteiger partial charge is 0.138 e. The fourth-order valence-corrected chi connectivity index (χ4v) is 6.76. The Morgan fingerprint density at radius 1 is 0.459 bits per heavy atom. The highest BCUT2D eigenvalue weighted by atomic mass is 16.1. The van der Waals surface area contributed by atoms with E-state index in [4.69, 9.17) is 0 Å². The second-order valence-electron chi connectivity index (χ2n) is 21.3. The monoisotopic (exact) mass is 816 g/mol. The number of aromatic nitrogens is 3. The SMILES string of the molecule is CC(C)(C)C(=O)CC1CC1.CC(C)(C)Cc1ccc(-c2ccccn2)cc1.CC(C)(C)Cc1ccc(-c2cccnc2)cc1.CC(C)(C)Cc1ccc(-c2ccncc2)cc1. The third-order valence-corrected chi connectivity index (χ3v) is 10.0. The second-order valence-corrected chi connectivity index (χ2v) is 21.3. The zero-order valence-electron chi connectivity index (χ0n) is 39.4. The number of benzene rings is 3. The summed E-state index contributed by atoms with van der Waals surface area (Å²) in [5, 5.41) is 0. The topological polar surface area (TPSA) is 55.7 Å². The number of ketones is 1. The van der Waals surface area contributed by atoms with Gasteiger partial charge in [0.25, 0.3) is 0 Å². The van der Waals surface area contributed by atoms with Gasteiger partial charge in [0.15, 0.2) is 0 Å². The van der Waals surface area contributed by atoms with Crippen molar-refractivity contribution in [3.8, 4) is 33.5 Å². The normalized spacial score (nSPS) is 12.7. The highest BCUT2D eigenvalue weighted by Crippen LogP contribution is 2.35. The predicted molar refractivity (Wildman–Crippen MR) is 260 cm³/mol. The van der Waals surface area contributed by atoms with Crippen molar-refractivity contribution < 1.29 is 4.79 Å². The number of Topliss-reactive ketones (excluding diaryl/α,β-unsaturated/α-hetero) is 1. The molecule has 3 aromatic carbocycles. The number of hydrogen-bond donors (Lipinski definition) is 0. The van der Waals surface area contributed by atoms with E-state index in [0.717, 1.165) is 37.3 Å². The Kier molecular flexibility index (Phi) is 17.5. The molecule has 7 rings (SSSR count). The zero-order valence-corrected chi connectivity index (χ0v) is 39.4. The Labute approximate surface area is 369 Å². The number of carbonyl (C=O) groups is 1. The lowest BCUT2D eigenvalue weighted by atomic mass is 9.88. The first-order chi connectivity index (χ1) is 28.6. The van der Waals surface area contributed by atoms with Crippen molar-refractivity contribution in [1.29, 1.82) is 0 Å². The van der Waals surface area contributed by atoms with Gasteiger partial charge in [-0.15, -0.1) is 0 Å². The molecule has 322 valence electrons. The molecular formula is C57H73N3O. The molecule has 1 aliphatic rings. The number of hydrogen-bond acceptors (Lipinski definition) is 4. The maximum atomic E-state index is 11.3. The molecule has 3 heterocycles. The summed E-state index contributed by atoms with van der Waals surface area (Å²) in [4.78, 5) is 23.8. The fourth-order valence-electron chi connectivity index (χ4n) is 6.76. The van der Waals surface area contributed by atoms with Crippen molar-refractivity contribution in [2.45, 2.75) is 122 Å². The molecule has 0 bridgehead atoms. The number of rotatable bonds is 8. The highest BCUT2D eigenvalue weighted by molar-refractivity contribution is 5.84. The van der Waals surface area contributed by atoms with Crippen LogP contribution in [0.2, 0.25) is 0 Å². The molecule has 1 aliphatic carbocycles. The summed E-state index contributed by atoms with van der Waals surface area (Å²) >= 11 is 0. The highest BCUT2D eigenvalue weighted by Gasteiger charge is 2.29. The molecular weight excluding hydrogens is 743 g/mol. The molecule has 0 aliphatic heterocycles. The Hall–Kier alpha value is -5.22. The van der Waals surface area contributed by atoms with Gasteiger partial charge in [0.1, 0.15) is 5.78 Å². The van der Waals surface area contributed by atoms with Crippen LogP contribution in [0.5, 0.6) is 0 Å². The third kappa shape index (κ3) is 19.4. The van der Waals surface area contributed by atoms with Gasteiger partial charge in [-0.3, -0.25) is 19.7 Å². The molecule has 0 unspecified atom stereocenters. The molecule has 4 nitrogen and oxygen atoms in total. The second kappa shape index (κ2) is 22.0. The van der Waals surface area contributed by atoms with Gasteiger partial charge in [0.2, 0.25) is 0 Å². The lowest BCUT2D eigenvalue weighted by Crippen LogP contribution is -2.20. The van der Waals surface area contributed by atoms with Crippen LogP contribution < -0.4 is 0 Å². The van der Waals surface area contributed by atoms with Crippen LogP contribution in [0.3, 0.4) is 0 Å². The van der Waals surface area contributed by atoms with Crippen molar-refractivity contribution in [1.82, 2.24) is 15.0 Å². The van der Waals surface area contributed by atoms with Crippen LogP contribution in [-0.2, 0) is 24.1 Å². The fraction of sp³-hybridized carbons (Fsp3) is 0.404. The lowest BCUT2D eigenvalue weighted by molar-refractivity contribution is -0.126. The first kappa shape index (κ1) is 48.4. The lowest BCUT2D eigenvalue weighted by Gasteiger charge is -2.18. The van der Waals surface area contributed by atoms with Crippen molar-refractivity contribution >= 4 is 5.78 Å². The average Bonchev–Trinajstić information content (AvgIpc) is 4.03. The Bertz CT molecular complexity index is 1920. The molecule has 0 spiro atoms. The Morgan fingerprint density at radius 3 is 1.28 bits per heavy atom. The number of carbonyl (C=O) groups excluding carboxylic acids is 1. The van der Waals surface area contributed by atoms with Gasteiger partial charge in [0, 0.05) is 48.4 Å². The van der Waals surface area contributed by atoms with E-state index < -0.39 is 0 Å². The number of pyridine rings is 3. The largest absolute Gasteiger partial charge is 0.299 e. The van der Waals surface area contributed by atoms with E-state index >= 15 is 0 Å². The molecule has 1 saturated carbocycles. The van der Waals surface area contributed by atoms with Crippen LogP contribution in [0.4, 0.5) is 0 Å². The molecule has 6 aromatic rings. The standard InChI is InChI=1S/3C16H19N.C9H16O/c1-16(2,3)12-13-4-6-14(7-5-13)15-8-10-17-11-9-15;1-16(2,3)11-13-6-8-14(9-7-13)15-5-4-10-17-12-15;1-16(2,3)12-13-7-9-14(10-8-13)15-6-4-5-11-17-15;1-9(2,3)8(10)6-7-4-5-7/h4-11H,12H2,1-3H3;4-10,12H,11H2,1-3H3;4-11H,12H2,1-3H3;7H,4-6H2,1-3H3. The van der Waals surface area contributed by atoms with Gasteiger partial charge >= 0.3 is 0 Å². The number of nitrogens with zero attached hydrogens (tertiary/aromatic N) is 3. The maximum absolute atomic E-state index is 11.3. The van der Waals surface area contributed by atoms with E-state index in [1.165, 1.54) is 57.3 Å². The summed E-state index contributed by atoms with van der Waals surface area (Å²) in [6.45, 7) is 26.4.